The SMILES string of the molecule is CN(Cc1ccccn1)C(=O)C[C@@H]1CCC[C@H]1N.Cl.Cl. The van der Waals surface area contributed by atoms with E-state index in [2.05, 4.69) is 4.98 Å². The first-order valence-electron chi connectivity index (χ1n) is 6.56. The van der Waals surface area contributed by atoms with Gasteiger partial charge in [-0.15, -0.1) is 24.8 Å². The summed E-state index contributed by atoms with van der Waals surface area (Å²) in [5.74, 6) is 0.534. The molecule has 6 heteroatoms. The van der Waals surface area contributed by atoms with Crippen LogP contribution in [0.1, 0.15) is 31.4 Å². The summed E-state index contributed by atoms with van der Waals surface area (Å²) in [5.41, 5.74) is 6.92. The lowest BCUT2D eigenvalue weighted by Crippen LogP contribution is -2.32. The molecule has 2 atom stereocenters. The summed E-state index contributed by atoms with van der Waals surface area (Å²) in [4.78, 5) is 18.1. The molecule has 1 aromatic heterocycles. The van der Waals surface area contributed by atoms with E-state index in [-0.39, 0.29) is 36.8 Å². The third kappa shape index (κ3) is 5.27. The van der Waals surface area contributed by atoms with Gasteiger partial charge in [-0.3, -0.25) is 9.78 Å². The second-order valence-electron chi connectivity index (χ2n) is 5.13. The van der Waals surface area contributed by atoms with Crippen LogP contribution >= 0.6 is 24.8 Å². The highest BCUT2D eigenvalue weighted by Gasteiger charge is 2.27. The highest BCUT2D eigenvalue weighted by atomic mass is 35.5. The number of hydrogen-bond acceptors (Lipinski definition) is 3. The van der Waals surface area contributed by atoms with Crippen LogP contribution in [0, 0.1) is 5.92 Å². The van der Waals surface area contributed by atoms with E-state index in [1.165, 1.54) is 0 Å². The molecule has 0 aromatic carbocycles. The van der Waals surface area contributed by atoms with Gasteiger partial charge in [0, 0.05) is 25.7 Å². The van der Waals surface area contributed by atoms with Crippen LogP contribution in [-0.4, -0.2) is 28.9 Å². The fourth-order valence-electron chi connectivity index (χ4n) is 2.52. The van der Waals surface area contributed by atoms with Gasteiger partial charge in [-0.1, -0.05) is 12.5 Å². The van der Waals surface area contributed by atoms with Crippen LogP contribution in [0.5, 0.6) is 0 Å². The molecule has 0 aliphatic heterocycles. The van der Waals surface area contributed by atoms with Crippen molar-refractivity contribution in [2.45, 2.75) is 38.3 Å². The molecule has 114 valence electrons. The van der Waals surface area contributed by atoms with Crippen molar-refractivity contribution >= 4 is 30.7 Å². The van der Waals surface area contributed by atoms with Crippen LogP contribution in [0.25, 0.3) is 0 Å². The van der Waals surface area contributed by atoms with Gasteiger partial charge in [-0.25, -0.2) is 0 Å². The van der Waals surface area contributed by atoms with Crippen LogP contribution in [0.4, 0.5) is 0 Å². The Hall–Kier alpha value is -0.840. The average Bonchev–Trinajstić information content (AvgIpc) is 2.76. The second-order valence-corrected chi connectivity index (χ2v) is 5.13. The summed E-state index contributed by atoms with van der Waals surface area (Å²) in [6.07, 6.45) is 5.63. The summed E-state index contributed by atoms with van der Waals surface area (Å²) >= 11 is 0. The largest absolute Gasteiger partial charge is 0.340 e. The number of pyridine rings is 1. The van der Waals surface area contributed by atoms with Crippen molar-refractivity contribution in [2.24, 2.45) is 11.7 Å². The van der Waals surface area contributed by atoms with Crippen molar-refractivity contribution in [3.05, 3.63) is 30.1 Å². The topological polar surface area (TPSA) is 59.2 Å². The van der Waals surface area contributed by atoms with E-state index < -0.39 is 0 Å². The number of rotatable bonds is 4. The van der Waals surface area contributed by atoms with Crippen LogP contribution in [0.3, 0.4) is 0 Å². The summed E-state index contributed by atoms with van der Waals surface area (Å²) in [5, 5.41) is 0. The van der Waals surface area contributed by atoms with Gasteiger partial charge in [0.15, 0.2) is 0 Å². The number of halogens is 2. The van der Waals surface area contributed by atoms with Gasteiger partial charge >= 0.3 is 0 Å². The van der Waals surface area contributed by atoms with Gasteiger partial charge in [0.05, 0.1) is 12.2 Å². The van der Waals surface area contributed by atoms with Gasteiger partial charge in [0.25, 0.3) is 0 Å². The Balaban J connectivity index is 0.00000180. The third-order valence-corrected chi connectivity index (χ3v) is 3.71. The van der Waals surface area contributed by atoms with Gasteiger partial charge in [0.1, 0.15) is 0 Å². The molecule has 20 heavy (non-hydrogen) atoms. The number of carbonyl (C=O) groups is 1. The standard InChI is InChI=1S/C14H21N3O.2ClH/c1-17(10-12-6-2-3-8-16-12)14(18)9-11-5-4-7-13(11)15;;/h2-3,6,8,11,13H,4-5,7,9-10,15H2,1H3;2*1H/t11-,13+;;/m0../s1. The molecular weight excluding hydrogens is 297 g/mol. The molecule has 1 amide bonds. The van der Waals surface area contributed by atoms with Crippen molar-refractivity contribution in [2.75, 3.05) is 7.05 Å². The number of nitrogens with zero attached hydrogens (tertiary/aromatic N) is 2. The Morgan fingerprint density at radius 3 is 2.70 bits per heavy atom. The number of aromatic nitrogens is 1. The predicted molar refractivity (Wildman–Crippen MR) is 85.1 cm³/mol. The molecule has 0 unspecified atom stereocenters. The Bertz CT molecular complexity index is 403. The molecule has 1 aromatic rings. The lowest BCUT2D eigenvalue weighted by Gasteiger charge is -2.20. The fraction of sp³-hybridized carbons (Fsp3) is 0.571. The van der Waals surface area contributed by atoms with Crippen molar-refractivity contribution in [3.63, 3.8) is 0 Å². The van der Waals surface area contributed by atoms with E-state index in [4.69, 9.17) is 5.73 Å². The van der Waals surface area contributed by atoms with Gasteiger partial charge in [-0.05, 0) is 30.9 Å². The Kier molecular flexibility index (Phi) is 8.78. The van der Waals surface area contributed by atoms with Crippen molar-refractivity contribution < 1.29 is 4.79 Å². The van der Waals surface area contributed by atoms with Gasteiger partial charge < -0.3 is 10.6 Å². The monoisotopic (exact) mass is 319 g/mol. The third-order valence-electron chi connectivity index (χ3n) is 3.71. The Morgan fingerprint density at radius 2 is 2.15 bits per heavy atom. The molecule has 1 aliphatic carbocycles. The van der Waals surface area contributed by atoms with Crippen molar-refractivity contribution in [1.29, 1.82) is 0 Å². The Labute approximate surface area is 132 Å². The minimum absolute atomic E-state index is 0. The van der Waals surface area contributed by atoms with E-state index in [1.54, 1.807) is 11.1 Å². The Morgan fingerprint density at radius 1 is 1.40 bits per heavy atom. The van der Waals surface area contributed by atoms with Crippen LogP contribution in [0.2, 0.25) is 0 Å². The van der Waals surface area contributed by atoms with E-state index in [0.29, 0.717) is 18.9 Å². The second kappa shape index (κ2) is 9.16. The molecule has 4 nitrogen and oxygen atoms in total. The molecule has 2 N–H and O–H groups in total. The normalized spacial score (nSPS) is 20.7. The van der Waals surface area contributed by atoms with Gasteiger partial charge in [0.2, 0.25) is 5.91 Å². The maximum atomic E-state index is 12.1. The average molecular weight is 320 g/mol. The highest BCUT2D eigenvalue weighted by Crippen LogP contribution is 2.27. The molecule has 1 fully saturated rings. The minimum Gasteiger partial charge on any atom is -0.340 e. The maximum absolute atomic E-state index is 12.1. The zero-order valence-corrected chi connectivity index (χ0v) is 13.3. The zero-order chi connectivity index (χ0) is 13.0. The predicted octanol–water partition coefficient (Wildman–Crippen LogP) is 2.40. The number of hydrogen-bond donors (Lipinski definition) is 1. The smallest absolute Gasteiger partial charge is 0.222 e. The minimum atomic E-state index is 0. The first kappa shape index (κ1) is 19.2. The molecule has 1 saturated carbocycles. The molecule has 2 rings (SSSR count). The molecular formula is C14H23Cl2N3O. The number of carbonyl (C=O) groups excluding carboxylic acids is 1. The van der Waals surface area contributed by atoms with Gasteiger partial charge in [-0.2, -0.15) is 0 Å². The fourth-order valence-corrected chi connectivity index (χ4v) is 2.52. The quantitative estimate of drug-likeness (QED) is 0.927. The highest BCUT2D eigenvalue weighted by molar-refractivity contribution is 5.85. The summed E-state index contributed by atoms with van der Waals surface area (Å²) in [6, 6.07) is 5.96. The van der Waals surface area contributed by atoms with Crippen LogP contribution in [0.15, 0.2) is 24.4 Å². The van der Waals surface area contributed by atoms with Crippen LogP contribution < -0.4 is 5.73 Å². The summed E-state index contributed by atoms with van der Waals surface area (Å²) in [6.45, 7) is 0.571. The van der Waals surface area contributed by atoms with Crippen molar-refractivity contribution in [1.82, 2.24) is 9.88 Å². The summed E-state index contributed by atoms with van der Waals surface area (Å²) in [7, 11) is 1.83. The lowest BCUT2D eigenvalue weighted by atomic mass is 9.99. The number of amides is 1. The van der Waals surface area contributed by atoms with E-state index in [1.807, 2.05) is 25.2 Å². The molecule has 1 heterocycles. The van der Waals surface area contributed by atoms with E-state index in [0.717, 1.165) is 25.0 Å². The van der Waals surface area contributed by atoms with E-state index in [9.17, 15) is 4.79 Å². The lowest BCUT2D eigenvalue weighted by molar-refractivity contribution is -0.131. The summed E-state index contributed by atoms with van der Waals surface area (Å²) < 4.78 is 0. The zero-order valence-electron chi connectivity index (χ0n) is 11.7. The number of nitrogens with two attached hydrogens (primary N) is 1. The molecule has 0 radical (unpaired) electrons. The van der Waals surface area contributed by atoms with E-state index >= 15 is 0 Å². The molecule has 1 aliphatic rings. The first-order valence-corrected chi connectivity index (χ1v) is 6.56. The first-order chi connectivity index (χ1) is 8.66. The molecule has 0 spiro atoms. The molecule has 0 saturated heterocycles. The maximum Gasteiger partial charge on any atom is 0.222 e. The molecule has 0 bridgehead atoms. The van der Waals surface area contributed by atoms with Crippen LogP contribution in [-0.2, 0) is 11.3 Å². The van der Waals surface area contributed by atoms with Crippen molar-refractivity contribution in [3.8, 4) is 0 Å².